The lowest BCUT2D eigenvalue weighted by Gasteiger charge is -2.24. The van der Waals surface area contributed by atoms with Crippen LogP contribution in [-0.4, -0.2) is 61.3 Å². The monoisotopic (exact) mass is 272 g/mol. The van der Waals surface area contributed by atoms with Crippen LogP contribution in [0.2, 0.25) is 0 Å². The smallest absolute Gasteiger partial charge is 0.303 e. The third kappa shape index (κ3) is 5.16. The van der Waals surface area contributed by atoms with Gasteiger partial charge in [-0.1, -0.05) is 6.92 Å². The Morgan fingerprint density at radius 1 is 1.42 bits per heavy atom. The first-order valence-electron chi connectivity index (χ1n) is 6.84. The number of amides is 1. The van der Waals surface area contributed by atoms with Crippen molar-refractivity contribution >= 4 is 11.9 Å². The Balaban J connectivity index is 2.39. The number of aliphatic carboxylic acids is 1. The zero-order valence-corrected chi connectivity index (χ0v) is 11.7. The number of ether oxygens (including phenoxy) is 1. The van der Waals surface area contributed by atoms with E-state index < -0.39 is 5.97 Å². The summed E-state index contributed by atoms with van der Waals surface area (Å²) in [4.78, 5) is 24.3. The summed E-state index contributed by atoms with van der Waals surface area (Å²) < 4.78 is 5.38. The molecule has 2 unspecified atom stereocenters. The topological polar surface area (TPSA) is 78.9 Å². The molecule has 1 fully saturated rings. The predicted molar refractivity (Wildman–Crippen MR) is 70.9 cm³/mol. The first-order chi connectivity index (χ1) is 9.06. The molecule has 1 heterocycles. The molecule has 1 aliphatic heterocycles. The number of carboxylic acids is 1. The van der Waals surface area contributed by atoms with Gasteiger partial charge in [0.2, 0.25) is 5.91 Å². The predicted octanol–water partition coefficient (Wildman–Crippen LogP) is 0.324. The average Bonchev–Trinajstić information content (AvgIpc) is 2.82. The van der Waals surface area contributed by atoms with Crippen molar-refractivity contribution in [2.45, 2.75) is 32.2 Å². The lowest BCUT2D eigenvalue weighted by atomic mass is 10.0. The summed E-state index contributed by atoms with van der Waals surface area (Å²) in [6.45, 7) is 4.45. The fourth-order valence-corrected chi connectivity index (χ4v) is 2.19. The molecule has 0 radical (unpaired) electrons. The molecule has 0 spiro atoms. The van der Waals surface area contributed by atoms with Gasteiger partial charge in [-0.3, -0.25) is 9.59 Å². The van der Waals surface area contributed by atoms with Gasteiger partial charge in [0.25, 0.3) is 0 Å². The average molecular weight is 272 g/mol. The second kappa shape index (κ2) is 8.12. The van der Waals surface area contributed by atoms with Crippen molar-refractivity contribution in [1.29, 1.82) is 0 Å². The van der Waals surface area contributed by atoms with Crippen LogP contribution in [0.15, 0.2) is 0 Å². The summed E-state index contributed by atoms with van der Waals surface area (Å²) in [7, 11) is 1.72. The van der Waals surface area contributed by atoms with Crippen molar-refractivity contribution in [2.75, 3.05) is 33.4 Å². The molecule has 2 N–H and O–H groups in total. The van der Waals surface area contributed by atoms with E-state index in [1.807, 2.05) is 0 Å². The fourth-order valence-electron chi connectivity index (χ4n) is 2.19. The first-order valence-corrected chi connectivity index (χ1v) is 6.84. The lowest BCUT2D eigenvalue weighted by Crippen LogP contribution is -2.45. The summed E-state index contributed by atoms with van der Waals surface area (Å²) in [5.41, 5.74) is 0. The molecule has 110 valence electrons. The van der Waals surface area contributed by atoms with Gasteiger partial charge in [-0.15, -0.1) is 0 Å². The highest BCUT2D eigenvalue weighted by atomic mass is 16.5. The van der Waals surface area contributed by atoms with Crippen molar-refractivity contribution in [2.24, 2.45) is 5.92 Å². The third-order valence-electron chi connectivity index (χ3n) is 3.31. The van der Waals surface area contributed by atoms with Crippen molar-refractivity contribution in [3.05, 3.63) is 0 Å². The summed E-state index contributed by atoms with van der Waals surface area (Å²) in [6, 6.07) is 0.0781. The summed E-state index contributed by atoms with van der Waals surface area (Å²) >= 11 is 0. The van der Waals surface area contributed by atoms with Crippen molar-refractivity contribution < 1.29 is 19.4 Å². The van der Waals surface area contributed by atoms with E-state index in [1.54, 1.807) is 11.9 Å². The van der Waals surface area contributed by atoms with E-state index in [-0.39, 0.29) is 24.3 Å². The molecule has 1 aliphatic rings. The quantitative estimate of drug-likeness (QED) is 0.665. The van der Waals surface area contributed by atoms with E-state index >= 15 is 0 Å². The van der Waals surface area contributed by atoms with Gasteiger partial charge in [-0.25, -0.2) is 0 Å². The molecule has 19 heavy (non-hydrogen) atoms. The molecule has 0 aromatic heterocycles. The minimum absolute atomic E-state index is 0.0384. The Bertz CT molecular complexity index is 309. The first kappa shape index (κ1) is 15.9. The number of carbonyl (C=O) groups is 2. The van der Waals surface area contributed by atoms with Gasteiger partial charge in [0.05, 0.1) is 19.1 Å². The van der Waals surface area contributed by atoms with E-state index in [2.05, 4.69) is 12.2 Å². The van der Waals surface area contributed by atoms with E-state index in [0.717, 1.165) is 13.0 Å². The number of carbonyl (C=O) groups excluding carboxylic acids is 1. The van der Waals surface area contributed by atoms with Crippen molar-refractivity contribution in [1.82, 2.24) is 10.2 Å². The Morgan fingerprint density at radius 2 is 2.16 bits per heavy atom. The Hall–Kier alpha value is -1.14. The van der Waals surface area contributed by atoms with Crippen LogP contribution in [0.3, 0.4) is 0 Å². The van der Waals surface area contributed by atoms with Gasteiger partial charge < -0.3 is 20.1 Å². The van der Waals surface area contributed by atoms with Crippen LogP contribution >= 0.6 is 0 Å². The lowest BCUT2D eigenvalue weighted by molar-refractivity contribution is -0.138. The molecular formula is C13H24N2O4. The van der Waals surface area contributed by atoms with Crippen LogP contribution < -0.4 is 5.32 Å². The Labute approximate surface area is 114 Å². The SMILES string of the molecule is CCCNC1COCC1C(=O)N(C)CCCC(=O)O. The molecule has 1 rings (SSSR count). The van der Waals surface area contributed by atoms with Gasteiger partial charge in [0.15, 0.2) is 0 Å². The van der Waals surface area contributed by atoms with Gasteiger partial charge in [0.1, 0.15) is 0 Å². The second-order valence-electron chi connectivity index (χ2n) is 4.96. The Morgan fingerprint density at radius 3 is 2.79 bits per heavy atom. The standard InChI is InChI=1S/C13H24N2O4/c1-3-6-14-11-9-19-8-10(11)13(18)15(2)7-4-5-12(16)17/h10-11,14H,3-9H2,1-2H3,(H,16,17). The maximum Gasteiger partial charge on any atom is 0.303 e. The molecule has 0 aromatic rings. The molecule has 0 aromatic carbocycles. The molecule has 1 amide bonds. The molecule has 2 atom stereocenters. The zero-order valence-electron chi connectivity index (χ0n) is 11.7. The van der Waals surface area contributed by atoms with E-state index in [9.17, 15) is 9.59 Å². The molecule has 0 aliphatic carbocycles. The molecule has 0 saturated carbocycles. The highest BCUT2D eigenvalue weighted by Gasteiger charge is 2.35. The van der Waals surface area contributed by atoms with Gasteiger partial charge in [0, 0.05) is 26.1 Å². The molecule has 0 bridgehead atoms. The van der Waals surface area contributed by atoms with Crippen molar-refractivity contribution in [3.63, 3.8) is 0 Å². The minimum Gasteiger partial charge on any atom is -0.481 e. The molecule has 1 saturated heterocycles. The third-order valence-corrected chi connectivity index (χ3v) is 3.31. The molecule has 6 nitrogen and oxygen atoms in total. The summed E-state index contributed by atoms with van der Waals surface area (Å²) in [5, 5.41) is 11.9. The summed E-state index contributed by atoms with van der Waals surface area (Å²) in [5.74, 6) is -0.939. The Kier molecular flexibility index (Phi) is 6.80. The number of carboxylic acid groups (broad SMARTS) is 1. The largest absolute Gasteiger partial charge is 0.481 e. The number of nitrogens with zero attached hydrogens (tertiary/aromatic N) is 1. The highest BCUT2D eigenvalue weighted by Crippen LogP contribution is 2.16. The van der Waals surface area contributed by atoms with E-state index in [0.29, 0.717) is 26.2 Å². The zero-order chi connectivity index (χ0) is 14.3. The minimum atomic E-state index is -0.826. The normalized spacial score (nSPS) is 22.4. The van der Waals surface area contributed by atoms with Gasteiger partial charge >= 0.3 is 5.97 Å². The maximum absolute atomic E-state index is 12.3. The van der Waals surface area contributed by atoms with E-state index in [1.165, 1.54) is 0 Å². The van der Waals surface area contributed by atoms with Crippen LogP contribution in [0.1, 0.15) is 26.2 Å². The summed E-state index contributed by atoms with van der Waals surface area (Å²) in [6.07, 6.45) is 1.60. The van der Waals surface area contributed by atoms with Crippen LogP contribution in [-0.2, 0) is 14.3 Å². The van der Waals surface area contributed by atoms with Gasteiger partial charge in [-0.2, -0.15) is 0 Å². The molecule has 6 heteroatoms. The van der Waals surface area contributed by atoms with Gasteiger partial charge in [-0.05, 0) is 19.4 Å². The van der Waals surface area contributed by atoms with Crippen LogP contribution in [0.25, 0.3) is 0 Å². The van der Waals surface area contributed by atoms with Crippen LogP contribution in [0.4, 0.5) is 0 Å². The number of nitrogens with one attached hydrogen (secondary N) is 1. The number of rotatable bonds is 8. The fraction of sp³-hybridized carbons (Fsp3) is 0.846. The van der Waals surface area contributed by atoms with E-state index in [4.69, 9.17) is 9.84 Å². The highest BCUT2D eigenvalue weighted by molar-refractivity contribution is 5.79. The molecular weight excluding hydrogens is 248 g/mol. The van der Waals surface area contributed by atoms with Crippen LogP contribution in [0, 0.1) is 5.92 Å². The van der Waals surface area contributed by atoms with Crippen molar-refractivity contribution in [3.8, 4) is 0 Å². The number of hydrogen-bond donors (Lipinski definition) is 2. The number of hydrogen-bond acceptors (Lipinski definition) is 4. The second-order valence-corrected chi connectivity index (χ2v) is 4.96. The van der Waals surface area contributed by atoms with Crippen LogP contribution in [0.5, 0.6) is 0 Å². The maximum atomic E-state index is 12.3.